The summed E-state index contributed by atoms with van der Waals surface area (Å²) in [7, 11) is 0. The van der Waals surface area contributed by atoms with Crippen LogP contribution in [0.3, 0.4) is 0 Å². The van der Waals surface area contributed by atoms with Crippen LogP contribution in [0.1, 0.15) is 51.7 Å². The molecule has 0 N–H and O–H groups in total. The van der Waals surface area contributed by atoms with E-state index in [-0.39, 0.29) is 0 Å². The summed E-state index contributed by atoms with van der Waals surface area (Å²) in [6.07, 6.45) is 4.82. The normalized spacial score (nSPS) is 22.2. The van der Waals surface area contributed by atoms with E-state index in [2.05, 4.69) is 35.8 Å². The van der Waals surface area contributed by atoms with Gasteiger partial charge >= 0.3 is 0 Å². The number of hydrogen-bond acceptors (Lipinski definition) is 4. The molecule has 0 saturated carbocycles. The Morgan fingerprint density at radius 1 is 1.41 bits per heavy atom. The minimum absolute atomic E-state index is 0.578. The highest BCUT2D eigenvalue weighted by Gasteiger charge is 2.20. The van der Waals surface area contributed by atoms with Crippen molar-refractivity contribution in [2.45, 2.75) is 59.0 Å². The molecule has 1 saturated heterocycles. The molecule has 4 heteroatoms. The maximum atomic E-state index is 5.31. The zero-order chi connectivity index (χ0) is 12.3. The van der Waals surface area contributed by atoms with Gasteiger partial charge in [-0.15, -0.1) is 0 Å². The van der Waals surface area contributed by atoms with Crippen molar-refractivity contribution in [3.63, 3.8) is 0 Å². The molecular weight excluding hydrogens is 214 g/mol. The lowest BCUT2D eigenvalue weighted by atomic mass is 10.0. The van der Waals surface area contributed by atoms with E-state index in [0.717, 1.165) is 31.2 Å². The monoisotopic (exact) mass is 237 g/mol. The van der Waals surface area contributed by atoms with Crippen molar-refractivity contribution in [2.24, 2.45) is 5.92 Å². The van der Waals surface area contributed by atoms with Gasteiger partial charge in [-0.1, -0.05) is 25.4 Å². The van der Waals surface area contributed by atoms with Crippen LogP contribution in [0.5, 0.6) is 0 Å². The SMILES string of the molecule is CC(C)Cc1noc(CN2CCCC[C@H]2C)n1. The van der Waals surface area contributed by atoms with E-state index in [9.17, 15) is 0 Å². The number of likely N-dealkylation sites (tertiary alicyclic amines) is 1. The van der Waals surface area contributed by atoms with Gasteiger partial charge in [0.05, 0.1) is 6.54 Å². The Bertz CT molecular complexity index is 348. The molecule has 1 atom stereocenters. The highest BCUT2D eigenvalue weighted by Crippen LogP contribution is 2.18. The molecule has 1 aromatic rings. The van der Waals surface area contributed by atoms with Gasteiger partial charge in [0.15, 0.2) is 5.82 Å². The highest BCUT2D eigenvalue weighted by atomic mass is 16.5. The number of hydrogen-bond donors (Lipinski definition) is 0. The lowest BCUT2D eigenvalue weighted by Gasteiger charge is -2.31. The van der Waals surface area contributed by atoms with Crippen LogP contribution in [-0.2, 0) is 13.0 Å². The molecule has 2 rings (SSSR count). The first kappa shape index (κ1) is 12.6. The average molecular weight is 237 g/mol. The summed E-state index contributed by atoms with van der Waals surface area (Å²) in [5, 5.41) is 4.03. The third kappa shape index (κ3) is 3.53. The quantitative estimate of drug-likeness (QED) is 0.807. The van der Waals surface area contributed by atoms with E-state index in [0.29, 0.717) is 12.0 Å². The van der Waals surface area contributed by atoms with Gasteiger partial charge in [-0.2, -0.15) is 4.98 Å². The molecule has 2 heterocycles. The summed E-state index contributed by atoms with van der Waals surface area (Å²) in [4.78, 5) is 6.90. The minimum atomic E-state index is 0.578. The standard InChI is InChI=1S/C13H23N3O/c1-10(2)8-12-14-13(17-15-12)9-16-7-5-4-6-11(16)3/h10-11H,4-9H2,1-3H3/t11-/m1/s1. The van der Waals surface area contributed by atoms with E-state index in [4.69, 9.17) is 4.52 Å². The first-order valence-corrected chi connectivity index (χ1v) is 6.70. The van der Waals surface area contributed by atoms with Crippen LogP contribution in [0, 0.1) is 5.92 Å². The number of nitrogens with zero attached hydrogens (tertiary/aromatic N) is 3. The zero-order valence-corrected chi connectivity index (χ0v) is 11.1. The Morgan fingerprint density at radius 2 is 2.24 bits per heavy atom. The van der Waals surface area contributed by atoms with Gasteiger partial charge < -0.3 is 4.52 Å². The molecule has 0 amide bonds. The maximum Gasteiger partial charge on any atom is 0.240 e. The molecule has 4 nitrogen and oxygen atoms in total. The molecule has 0 bridgehead atoms. The topological polar surface area (TPSA) is 42.2 Å². The van der Waals surface area contributed by atoms with Gasteiger partial charge in [0.25, 0.3) is 0 Å². The first-order chi connectivity index (χ1) is 8.15. The lowest BCUT2D eigenvalue weighted by Crippen LogP contribution is -2.36. The Hall–Kier alpha value is -0.900. The van der Waals surface area contributed by atoms with E-state index < -0.39 is 0 Å². The molecule has 17 heavy (non-hydrogen) atoms. The van der Waals surface area contributed by atoms with Gasteiger partial charge in [0, 0.05) is 12.5 Å². The molecule has 1 aliphatic heterocycles. The Labute approximate surface area is 103 Å². The molecule has 1 aliphatic rings. The van der Waals surface area contributed by atoms with Gasteiger partial charge in [-0.05, 0) is 32.2 Å². The van der Waals surface area contributed by atoms with E-state index in [1.54, 1.807) is 0 Å². The number of rotatable bonds is 4. The van der Waals surface area contributed by atoms with Crippen LogP contribution in [-0.4, -0.2) is 27.6 Å². The molecule has 1 fully saturated rings. The predicted octanol–water partition coefficient (Wildman–Crippen LogP) is 2.64. The maximum absolute atomic E-state index is 5.31. The molecule has 0 radical (unpaired) electrons. The summed E-state index contributed by atoms with van der Waals surface area (Å²) >= 11 is 0. The lowest BCUT2D eigenvalue weighted by molar-refractivity contribution is 0.135. The van der Waals surface area contributed by atoms with Crippen LogP contribution in [0.15, 0.2) is 4.52 Å². The van der Waals surface area contributed by atoms with Crippen molar-refractivity contribution in [1.29, 1.82) is 0 Å². The average Bonchev–Trinajstić information content (AvgIpc) is 2.68. The summed E-state index contributed by atoms with van der Waals surface area (Å²) in [6, 6.07) is 0.643. The smallest absolute Gasteiger partial charge is 0.240 e. The van der Waals surface area contributed by atoms with E-state index in [1.807, 2.05) is 0 Å². The van der Waals surface area contributed by atoms with Crippen LogP contribution < -0.4 is 0 Å². The van der Waals surface area contributed by atoms with Crippen molar-refractivity contribution >= 4 is 0 Å². The third-order valence-electron chi connectivity index (χ3n) is 3.38. The Kier molecular flexibility index (Phi) is 4.15. The highest BCUT2D eigenvalue weighted by molar-refractivity contribution is 4.88. The molecule has 96 valence electrons. The predicted molar refractivity (Wildman–Crippen MR) is 66.6 cm³/mol. The second-order valence-corrected chi connectivity index (χ2v) is 5.52. The van der Waals surface area contributed by atoms with Crippen LogP contribution in [0.2, 0.25) is 0 Å². The summed E-state index contributed by atoms with van der Waals surface area (Å²) < 4.78 is 5.31. The van der Waals surface area contributed by atoms with Crippen molar-refractivity contribution in [3.8, 4) is 0 Å². The molecule has 0 aromatic carbocycles. The molecule has 0 aliphatic carbocycles. The summed E-state index contributed by atoms with van der Waals surface area (Å²) in [5.74, 6) is 2.20. The number of aromatic nitrogens is 2. The van der Waals surface area contributed by atoms with Gasteiger partial charge in [-0.3, -0.25) is 4.90 Å². The molecule has 1 aromatic heterocycles. The first-order valence-electron chi connectivity index (χ1n) is 6.70. The third-order valence-corrected chi connectivity index (χ3v) is 3.38. The second-order valence-electron chi connectivity index (χ2n) is 5.52. The fourth-order valence-electron chi connectivity index (χ4n) is 2.37. The Balaban J connectivity index is 1.91. The van der Waals surface area contributed by atoms with Crippen molar-refractivity contribution in [3.05, 3.63) is 11.7 Å². The summed E-state index contributed by atoms with van der Waals surface area (Å²) in [6.45, 7) is 8.59. The van der Waals surface area contributed by atoms with Crippen LogP contribution >= 0.6 is 0 Å². The van der Waals surface area contributed by atoms with Crippen LogP contribution in [0.4, 0.5) is 0 Å². The van der Waals surface area contributed by atoms with Crippen molar-refractivity contribution in [1.82, 2.24) is 15.0 Å². The van der Waals surface area contributed by atoms with E-state index >= 15 is 0 Å². The van der Waals surface area contributed by atoms with Gasteiger partial charge in [0.2, 0.25) is 5.89 Å². The molecule has 0 spiro atoms. The fraction of sp³-hybridized carbons (Fsp3) is 0.846. The molecule has 0 unspecified atom stereocenters. The minimum Gasteiger partial charge on any atom is -0.338 e. The fourth-order valence-corrected chi connectivity index (χ4v) is 2.37. The molecular formula is C13H23N3O. The van der Waals surface area contributed by atoms with Crippen molar-refractivity contribution < 1.29 is 4.52 Å². The summed E-state index contributed by atoms with van der Waals surface area (Å²) in [5.41, 5.74) is 0. The van der Waals surface area contributed by atoms with E-state index in [1.165, 1.54) is 19.3 Å². The van der Waals surface area contributed by atoms with Gasteiger partial charge in [0.1, 0.15) is 0 Å². The van der Waals surface area contributed by atoms with Crippen LogP contribution in [0.25, 0.3) is 0 Å². The second kappa shape index (κ2) is 5.63. The van der Waals surface area contributed by atoms with Crippen molar-refractivity contribution in [2.75, 3.05) is 6.54 Å². The van der Waals surface area contributed by atoms with Gasteiger partial charge in [-0.25, -0.2) is 0 Å². The Morgan fingerprint density at radius 3 is 2.94 bits per heavy atom. The largest absolute Gasteiger partial charge is 0.338 e. The number of piperidine rings is 1. The zero-order valence-electron chi connectivity index (χ0n) is 11.1.